The number of halogens is 1. The van der Waals surface area contributed by atoms with Gasteiger partial charge in [0, 0.05) is 6.07 Å². The summed E-state index contributed by atoms with van der Waals surface area (Å²) in [6, 6.07) is 11.2. The number of aromatic hydroxyl groups is 1. The second-order valence-electron chi connectivity index (χ2n) is 3.64. The smallest absolute Gasteiger partial charge is 0.324 e. The van der Waals surface area contributed by atoms with E-state index in [0.717, 1.165) is 17.0 Å². The minimum Gasteiger partial charge on any atom is -0.506 e. The van der Waals surface area contributed by atoms with Crippen LogP contribution in [0.25, 0.3) is 0 Å². The maximum Gasteiger partial charge on any atom is 0.324 e. The van der Waals surface area contributed by atoms with E-state index in [2.05, 4.69) is 0 Å². The molecule has 18 heavy (non-hydrogen) atoms. The van der Waals surface area contributed by atoms with Crippen molar-refractivity contribution in [3.8, 4) is 5.75 Å². The second-order valence-corrected chi connectivity index (χ2v) is 3.64. The molecule has 0 atom stereocenters. The molecule has 2 aromatic rings. The molecule has 0 aromatic heterocycles. The van der Waals surface area contributed by atoms with Crippen molar-refractivity contribution in [2.45, 2.75) is 0 Å². The van der Waals surface area contributed by atoms with Crippen LogP contribution in [0.15, 0.2) is 48.5 Å². The van der Waals surface area contributed by atoms with Gasteiger partial charge in [-0.15, -0.1) is 0 Å². The minimum absolute atomic E-state index is 0.134. The molecule has 92 valence electrons. The second kappa shape index (κ2) is 4.75. The van der Waals surface area contributed by atoms with Crippen LogP contribution in [-0.2, 0) is 0 Å². The highest BCUT2D eigenvalue weighted by atomic mass is 19.1. The number of phenols is 1. The first kappa shape index (κ1) is 11.9. The van der Waals surface area contributed by atoms with E-state index in [9.17, 15) is 14.3 Å². The number of carbonyl (C=O) groups is 1. The normalized spacial score (nSPS) is 10.1. The van der Waals surface area contributed by atoms with Gasteiger partial charge >= 0.3 is 6.03 Å². The van der Waals surface area contributed by atoms with E-state index >= 15 is 0 Å². The number of para-hydroxylation sites is 1. The summed E-state index contributed by atoms with van der Waals surface area (Å²) in [5.74, 6) is -0.939. The van der Waals surface area contributed by atoms with E-state index in [1.807, 2.05) is 0 Å². The predicted molar refractivity (Wildman–Crippen MR) is 66.2 cm³/mol. The zero-order valence-corrected chi connectivity index (χ0v) is 9.38. The summed E-state index contributed by atoms with van der Waals surface area (Å²) >= 11 is 0. The standard InChI is InChI=1S/C13H11FN2O2/c14-9-6-7-11(12(17)8-9)16(13(15)18)10-4-2-1-3-5-10/h1-8,17H,(H2,15,18). The van der Waals surface area contributed by atoms with Crippen molar-refractivity contribution < 1.29 is 14.3 Å². The Hall–Kier alpha value is -2.56. The van der Waals surface area contributed by atoms with Crippen molar-refractivity contribution in [3.63, 3.8) is 0 Å². The minimum atomic E-state index is -0.761. The number of amides is 2. The monoisotopic (exact) mass is 246 g/mol. The van der Waals surface area contributed by atoms with Crippen molar-refractivity contribution in [1.82, 2.24) is 0 Å². The van der Waals surface area contributed by atoms with Crippen molar-refractivity contribution in [1.29, 1.82) is 0 Å². The Bertz CT molecular complexity index is 572. The number of anilines is 2. The summed E-state index contributed by atoms with van der Waals surface area (Å²) in [6.07, 6.45) is 0. The SMILES string of the molecule is NC(=O)N(c1ccccc1)c1ccc(F)cc1O. The fourth-order valence-corrected chi connectivity index (χ4v) is 1.65. The number of benzene rings is 2. The first-order valence-electron chi connectivity index (χ1n) is 5.22. The van der Waals surface area contributed by atoms with Crippen molar-refractivity contribution in [2.24, 2.45) is 5.73 Å². The van der Waals surface area contributed by atoms with Crippen LogP contribution in [-0.4, -0.2) is 11.1 Å². The molecular weight excluding hydrogens is 235 g/mol. The highest BCUT2D eigenvalue weighted by molar-refractivity contribution is 5.99. The van der Waals surface area contributed by atoms with Crippen LogP contribution >= 0.6 is 0 Å². The number of nitrogens with zero attached hydrogens (tertiary/aromatic N) is 1. The van der Waals surface area contributed by atoms with E-state index in [1.54, 1.807) is 30.3 Å². The van der Waals surface area contributed by atoms with Crippen molar-refractivity contribution in [2.75, 3.05) is 4.90 Å². The number of carbonyl (C=O) groups excluding carboxylic acids is 1. The van der Waals surface area contributed by atoms with Crippen LogP contribution in [0.5, 0.6) is 5.75 Å². The summed E-state index contributed by atoms with van der Waals surface area (Å²) in [7, 11) is 0. The van der Waals surface area contributed by atoms with Gasteiger partial charge in [-0.3, -0.25) is 4.90 Å². The summed E-state index contributed by atoms with van der Waals surface area (Å²) in [5.41, 5.74) is 5.92. The molecule has 0 saturated heterocycles. The molecule has 0 saturated carbocycles. The summed E-state index contributed by atoms with van der Waals surface area (Å²) in [4.78, 5) is 12.6. The average Bonchev–Trinajstić information content (AvgIpc) is 2.33. The summed E-state index contributed by atoms with van der Waals surface area (Å²) < 4.78 is 12.9. The zero-order valence-electron chi connectivity index (χ0n) is 9.38. The molecule has 0 aliphatic carbocycles. The molecule has 3 N–H and O–H groups in total. The Labute approximate surface area is 103 Å². The summed E-state index contributed by atoms with van der Waals surface area (Å²) in [5, 5.41) is 9.68. The van der Waals surface area contributed by atoms with Crippen LogP contribution in [0.4, 0.5) is 20.6 Å². The largest absolute Gasteiger partial charge is 0.506 e. The molecule has 0 bridgehead atoms. The lowest BCUT2D eigenvalue weighted by molar-refractivity contribution is 0.256. The Morgan fingerprint density at radius 3 is 2.39 bits per heavy atom. The third-order valence-corrected chi connectivity index (χ3v) is 2.41. The molecule has 0 spiro atoms. The fourth-order valence-electron chi connectivity index (χ4n) is 1.65. The maximum absolute atomic E-state index is 12.9. The zero-order chi connectivity index (χ0) is 13.1. The van der Waals surface area contributed by atoms with Crippen LogP contribution in [0.2, 0.25) is 0 Å². The molecule has 2 amide bonds. The van der Waals surface area contributed by atoms with Crippen molar-refractivity contribution >= 4 is 17.4 Å². The molecule has 5 heteroatoms. The molecule has 4 nitrogen and oxygen atoms in total. The van der Waals surface area contributed by atoms with Gasteiger partial charge in [0.25, 0.3) is 0 Å². The Kier molecular flexibility index (Phi) is 3.14. The van der Waals surface area contributed by atoms with Gasteiger partial charge in [-0.25, -0.2) is 9.18 Å². The van der Waals surface area contributed by atoms with E-state index in [0.29, 0.717) is 5.69 Å². The molecule has 0 heterocycles. The lowest BCUT2D eigenvalue weighted by Gasteiger charge is -2.21. The predicted octanol–water partition coefficient (Wildman–Crippen LogP) is 2.75. The Morgan fingerprint density at radius 2 is 1.83 bits per heavy atom. The van der Waals surface area contributed by atoms with Gasteiger partial charge < -0.3 is 10.8 Å². The van der Waals surface area contributed by atoms with Crippen molar-refractivity contribution in [3.05, 3.63) is 54.3 Å². The third-order valence-electron chi connectivity index (χ3n) is 2.41. The molecule has 0 radical (unpaired) electrons. The summed E-state index contributed by atoms with van der Waals surface area (Å²) in [6.45, 7) is 0. The fraction of sp³-hybridized carbons (Fsp3) is 0. The van der Waals surface area contributed by atoms with E-state index in [-0.39, 0.29) is 11.4 Å². The average molecular weight is 246 g/mol. The van der Waals surface area contributed by atoms with Gasteiger partial charge in [-0.2, -0.15) is 0 Å². The lowest BCUT2D eigenvalue weighted by Crippen LogP contribution is -2.31. The van der Waals surface area contributed by atoms with Crippen LogP contribution in [0.3, 0.4) is 0 Å². The third kappa shape index (κ3) is 2.24. The van der Waals surface area contributed by atoms with E-state index < -0.39 is 11.8 Å². The van der Waals surface area contributed by atoms with Crippen LogP contribution in [0.1, 0.15) is 0 Å². The number of urea groups is 1. The van der Waals surface area contributed by atoms with Gasteiger partial charge in [-0.05, 0) is 24.3 Å². The Balaban J connectivity index is 2.52. The molecular formula is C13H11FN2O2. The molecule has 0 aliphatic heterocycles. The molecule has 2 aromatic carbocycles. The number of hydrogen-bond donors (Lipinski definition) is 2. The van der Waals surface area contributed by atoms with E-state index in [1.165, 1.54) is 6.07 Å². The van der Waals surface area contributed by atoms with Crippen LogP contribution < -0.4 is 10.6 Å². The number of nitrogens with two attached hydrogens (primary N) is 1. The highest BCUT2D eigenvalue weighted by Gasteiger charge is 2.18. The topological polar surface area (TPSA) is 66.6 Å². The van der Waals surface area contributed by atoms with E-state index in [4.69, 9.17) is 5.73 Å². The van der Waals surface area contributed by atoms with Gasteiger partial charge in [0.15, 0.2) is 0 Å². The maximum atomic E-state index is 12.9. The quantitative estimate of drug-likeness (QED) is 0.855. The van der Waals surface area contributed by atoms with Gasteiger partial charge in [0.05, 0.1) is 11.4 Å². The van der Waals surface area contributed by atoms with Gasteiger partial charge in [0.1, 0.15) is 11.6 Å². The lowest BCUT2D eigenvalue weighted by atomic mass is 10.2. The van der Waals surface area contributed by atoms with Gasteiger partial charge in [-0.1, -0.05) is 18.2 Å². The molecule has 2 rings (SSSR count). The number of hydrogen-bond acceptors (Lipinski definition) is 2. The number of rotatable bonds is 2. The number of primary amides is 1. The first-order valence-corrected chi connectivity index (χ1v) is 5.22. The first-order chi connectivity index (χ1) is 8.59. The molecule has 0 unspecified atom stereocenters. The highest BCUT2D eigenvalue weighted by Crippen LogP contribution is 2.33. The van der Waals surface area contributed by atoms with Crippen LogP contribution in [0, 0.1) is 5.82 Å². The molecule has 0 fully saturated rings. The number of phenolic OH excluding ortho intramolecular Hbond substituents is 1. The van der Waals surface area contributed by atoms with Gasteiger partial charge in [0.2, 0.25) is 0 Å². The molecule has 0 aliphatic rings. The Morgan fingerprint density at radius 1 is 1.17 bits per heavy atom.